The minimum absolute atomic E-state index is 0.111. The Bertz CT molecular complexity index is 1010. The molecule has 146 valence electrons. The highest BCUT2D eigenvalue weighted by atomic mass is 16.3. The third-order valence-electron chi connectivity index (χ3n) is 4.58. The van der Waals surface area contributed by atoms with Crippen molar-refractivity contribution in [2.75, 3.05) is 24.2 Å². The van der Waals surface area contributed by atoms with Crippen LogP contribution in [0.2, 0.25) is 0 Å². The standard InChI is InChI=1S/C22H25N3O3/c1-14-6-5-7-19-15(2)20(28-22(14)19)12-25(4)13-21(27)24-18-10-8-17(9-11-18)23-16(3)26/h5-11H,12-13H2,1-4H3,(H,23,26)(H,24,27). The van der Waals surface area contributed by atoms with E-state index < -0.39 is 0 Å². The van der Waals surface area contributed by atoms with E-state index in [0.717, 1.165) is 27.9 Å². The van der Waals surface area contributed by atoms with Crippen LogP contribution in [0.3, 0.4) is 0 Å². The van der Waals surface area contributed by atoms with Crippen LogP contribution < -0.4 is 10.6 Å². The van der Waals surface area contributed by atoms with Gasteiger partial charge in [0.2, 0.25) is 11.8 Å². The van der Waals surface area contributed by atoms with Gasteiger partial charge in [-0.1, -0.05) is 18.2 Å². The lowest BCUT2D eigenvalue weighted by molar-refractivity contribution is -0.117. The molecular formula is C22H25N3O3. The molecule has 0 aliphatic carbocycles. The molecule has 0 aliphatic rings. The molecule has 6 heteroatoms. The van der Waals surface area contributed by atoms with Gasteiger partial charge in [-0.05, 0) is 56.3 Å². The van der Waals surface area contributed by atoms with Gasteiger partial charge in [-0.15, -0.1) is 0 Å². The SMILES string of the molecule is CC(=O)Nc1ccc(NC(=O)CN(C)Cc2oc3c(C)cccc3c2C)cc1. The summed E-state index contributed by atoms with van der Waals surface area (Å²) in [5.74, 6) is 0.633. The topological polar surface area (TPSA) is 74.6 Å². The van der Waals surface area contributed by atoms with Gasteiger partial charge in [-0.2, -0.15) is 0 Å². The summed E-state index contributed by atoms with van der Waals surface area (Å²) in [6.45, 7) is 6.32. The number of fused-ring (bicyclic) bond motifs is 1. The normalized spacial score (nSPS) is 11.0. The number of amides is 2. The summed E-state index contributed by atoms with van der Waals surface area (Å²) >= 11 is 0. The first-order valence-corrected chi connectivity index (χ1v) is 9.17. The first-order chi connectivity index (χ1) is 13.3. The molecule has 0 saturated heterocycles. The lowest BCUT2D eigenvalue weighted by Crippen LogP contribution is -2.29. The number of rotatable bonds is 6. The average molecular weight is 379 g/mol. The fourth-order valence-corrected chi connectivity index (χ4v) is 3.17. The molecule has 3 aromatic rings. The lowest BCUT2D eigenvalue weighted by atomic mass is 10.1. The monoisotopic (exact) mass is 379 g/mol. The van der Waals surface area contributed by atoms with E-state index in [1.165, 1.54) is 6.92 Å². The second-order valence-corrected chi connectivity index (χ2v) is 7.08. The van der Waals surface area contributed by atoms with E-state index >= 15 is 0 Å². The van der Waals surface area contributed by atoms with Crippen LogP contribution in [0.1, 0.15) is 23.8 Å². The Morgan fingerprint density at radius 1 is 1.00 bits per heavy atom. The van der Waals surface area contributed by atoms with Crippen molar-refractivity contribution in [1.29, 1.82) is 0 Å². The average Bonchev–Trinajstić information content (AvgIpc) is 2.93. The van der Waals surface area contributed by atoms with Crippen LogP contribution in [-0.4, -0.2) is 30.3 Å². The highest BCUT2D eigenvalue weighted by Crippen LogP contribution is 2.28. The molecule has 0 atom stereocenters. The highest BCUT2D eigenvalue weighted by Gasteiger charge is 2.15. The minimum atomic E-state index is -0.130. The maximum atomic E-state index is 12.3. The molecule has 1 aromatic heterocycles. The molecule has 0 spiro atoms. The molecule has 0 radical (unpaired) electrons. The van der Waals surface area contributed by atoms with Crippen molar-refractivity contribution < 1.29 is 14.0 Å². The number of aryl methyl sites for hydroxylation is 2. The minimum Gasteiger partial charge on any atom is -0.459 e. The summed E-state index contributed by atoms with van der Waals surface area (Å²) < 4.78 is 6.04. The van der Waals surface area contributed by atoms with E-state index in [0.29, 0.717) is 17.9 Å². The Morgan fingerprint density at radius 3 is 2.25 bits per heavy atom. The van der Waals surface area contributed by atoms with Crippen LogP contribution in [0, 0.1) is 13.8 Å². The van der Waals surface area contributed by atoms with E-state index in [-0.39, 0.29) is 18.4 Å². The Kier molecular flexibility index (Phi) is 5.80. The first kappa shape index (κ1) is 19.6. The predicted octanol–water partition coefficient (Wildman–Crippen LogP) is 4.08. The number of para-hydroxylation sites is 1. The van der Waals surface area contributed by atoms with Crippen LogP contribution in [0.4, 0.5) is 11.4 Å². The third-order valence-corrected chi connectivity index (χ3v) is 4.58. The quantitative estimate of drug-likeness (QED) is 0.677. The summed E-state index contributed by atoms with van der Waals surface area (Å²) in [5, 5.41) is 6.68. The van der Waals surface area contributed by atoms with Crippen molar-refractivity contribution in [3.63, 3.8) is 0 Å². The van der Waals surface area contributed by atoms with Crippen molar-refractivity contribution in [1.82, 2.24) is 4.90 Å². The van der Waals surface area contributed by atoms with Crippen LogP contribution >= 0.6 is 0 Å². The first-order valence-electron chi connectivity index (χ1n) is 9.17. The van der Waals surface area contributed by atoms with Crippen molar-refractivity contribution in [3.05, 3.63) is 59.4 Å². The number of hydrogen-bond acceptors (Lipinski definition) is 4. The molecule has 2 amide bonds. The summed E-state index contributed by atoms with van der Waals surface area (Å²) in [4.78, 5) is 25.3. The number of likely N-dealkylation sites (N-methyl/N-ethyl adjacent to an activating group) is 1. The number of carbonyl (C=O) groups excluding carboxylic acids is 2. The zero-order chi connectivity index (χ0) is 20.3. The lowest BCUT2D eigenvalue weighted by Gasteiger charge is -2.15. The van der Waals surface area contributed by atoms with Gasteiger partial charge in [0.1, 0.15) is 11.3 Å². The molecular weight excluding hydrogens is 354 g/mol. The highest BCUT2D eigenvalue weighted by molar-refractivity contribution is 5.93. The molecule has 0 fully saturated rings. The smallest absolute Gasteiger partial charge is 0.238 e. The number of nitrogens with one attached hydrogen (secondary N) is 2. The Hall–Kier alpha value is -3.12. The van der Waals surface area contributed by atoms with Crippen molar-refractivity contribution in [3.8, 4) is 0 Å². The predicted molar refractivity (Wildman–Crippen MR) is 111 cm³/mol. The van der Waals surface area contributed by atoms with E-state index in [9.17, 15) is 9.59 Å². The Morgan fingerprint density at radius 2 is 1.64 bits per heavy atom. The molecule has 0 saturated carbocycles. The van der Waals surface area contributed by atoms with Crippen LogP contribution in [0.5, 0.6) is 0 Å². The molecule has 2 aromatic carbocycles. The van der Waals surface area contributed by atoms with Gasteiger partial charge in [0, 0.05) is 23.7 Å². The van der Waals surface area contributed by atoms with Gasteiger partial charge < -0.3 is 15.1 Å². The van der Waals surface area contributed by atoms with Crippen molar-refractivity contribution >= 4 is 34.2 Å². The molecule has 1 heterocycles. The number of hydrogen-bond donors (Lipinski definition) is 2. The molecule has 3 rings (SSSR count). The van der Waals surface area contributed by atoms with Gasteiger partial charge in [-0.25, -0.2) is 0 Å². The summed E-state index contributed by atoms with van der Waals surface area (Å²) in [6.07, 6.45) is 0. The van der Waals surface area contributed by atoms with Crippen LogP contribution in [-0.2, 0) is 16.1 Å². The van der Waals surface area contributed by atoms with Crippen LogP contribution in [0.25, 0.3) is 11.0 Å². The molecule has 0 aliphatic heterocycles. The van der Waals surface area contributed by atoms with E-state index in [1.54, 1.807) is 24.3 Å². The van der Waals surface area contributed by atoms with Crippen molar-refractivity contribution in [2.24, 2.45) is 0 Å². The number of anilines is 2. The van der Waals surface area contributed by atoms with Gasteiger partial charge in [-0.3, -0.25) is 14.5 Å². The van der Waals surface area contributed by atoms with E-state index in [4.69, 9.17) is 4.42 Å². The summed E-state index contributed by atoms with van der Waals surface area (Å²) in [7, 11) is 1.89. The summed E-state index contributed by atoms with van der Waals surface area (Å²) in [6, 6.07) is 13.1. The molecule has 0 bridgehead atoms. The number of nitrogens with zero attached hydrogens (tertiary/aromatic N) is 1. The maximum Gasteiger partial charge on any atom is 0.238 e. The second kappa shape index (κ2) is 8.27. The van der Waals surface area contributed by atoms with Crippen LogP contribution in [0.15, 0.2) is 46.9 Å². The van der Waals surface area contributed by atoms with Crippen molar-refractivity contribution in [2.45, 2.75) is 27.3 Å². The number of carbonyl (C=O) groups is 2. The fourth-order valence-electron chi connectivity index (χ4n) is 3.17. The Labute approximate surface area is 164 Å². The fraction of sp³-hybridized carbons (Fsp3) is 0.273. The summed E-state index contributed by atoms with van der Waals surface area (Å²) in [5.41, 5.74) is 4.50. The van der Waals surface area contributed by atoms with Gasteiger partial charge >= 0.3 is 0 Å². The molecule has 0 unspecified atom stereocenters. The van der Waals surface area contributed by atoms with Gasteiger partial charge in [0.25, 0.3) is 0 Å². The molecule has 2 N–H and O–H groups in total. The molecule has 6 nitrogen and oxygen atoms in total. The maximum absolute atomic E-state index is 12.3. The zero-order valence-corrected chi connectivity index (χ0v) is 16.6. The zero-order valence-electron chi connectivity index (χ0n) is 16.6. The van der Waals surface area contributed by atoms with Gasteiger partial charge in [0.15, 0.2) is 0 Å². The van der Waals surface area contributed by atoms with Gasteiger partial charge in [0.05, 0.1) is 13.1 Å². The number of furan rings is 1. The Balaban J connectivity index is 1.59. The number of benzene rings is 2. The van der Waals surface area contributed by atoms with E-state index in [2.05, 4.69) is 16.7 Å². The second-order valence-electron chi connectivity index (χ2n) is 7.08. The molecule has 28 heavy (non-hydrogen) atoms. The van der Waals surface area contributed by atoms with E-state index in [1.807, 2.05) is 37.9 Å². The third kappa shape index (κ3) is 4.58. The largest absolute Gasteiger partial charge is 0.459 e.